The minimum absolute atomic E-state index is 0.394. The number of hydrogen-bond donors (Lipinski definition) is 1. The molecule has 3 atom stereocenters. The van der Waals surface area contributed by atoms with Crippen LogP contribution >= 0.6 is 0 Å². The van der Waals surface area contributed by atoms with Crippen molar-refractivity contribution in [2.75, 3.05) is 0 Å². The van der Waals surface area contributed by atoms with E-state index >= 15 is 0 Å². The molecule has 0 aromatic carbocycles. The van der Waals surface area contributed by atoms with Crippen molar-refractivity contribution in [3.63, 3.8) is 0 Å². The van der Waals surface area contributed by atoms with E-state index < -0.39 is 29.9 Å². The van der Waals surface area contributed by atoms with Gasteiger partial charge in [0.05, 0.1) is 5.92 Å². The highest BCUT2D eigenvalue weighted by atomic mass is 16.6. The molecule has 1 aliphatic heterocycles. The predicted octanol–water partition coefficient (Wildman–Crippen LogP) is 0.659. The van der Waals surface area contributed by atoms with Gasteiger partial charge in [-0.2, -0.15) is 0 Å². The predicted molar refractivity (Wildman–Crippen MR) is 40.5 cm³/mol. The fraction of sp³-hybridized carbons (Fsp3) is 0.750. The van der Waals surface area contributed by atoms with Crippen molar-refractivity contribution >= 4 is 11.9 Å². The Hall–Kier alpha value is -1.06. The fourth-order valence-electron chi connectivity index (χ4n) is 1.51. The second kappa shape index (κ2) is 3.13. The Morgan fingerprint density at radius 3 is 2.58 bits per heavy atom. The van der Waals surface area contributed by atoms with Gasteiger partial charge < -0.3 is 9.84 Å². The molecule has 1 heterocycles. The van der Waals surface area contributed by atoms with Gasteiger partial charge in [-0.15, -0.1) is 0 Å². The molecule has 4 heteroatoms. The van der Waals surface area contributed by atoms with Crippen LogP contribution in [0.3, 0.4) is 0 Å². The zero-order valence-electron chi connectivity index (χ0n) is 7.11. The first kappa shape index (κ1) is 9.03. The lowest BCUT2D eigenvalue weighted by Gasteiger charge is -2.12. The highest BCUT2D eigenvalue weighted by molar-refractivity contribution is 5.84. The van der Waals surface area contributed by atoms with Crippen LogP contribution in [-0.4, -0.2) is 23.1 Å². The van der Waals surface area contributed by atoms with Crippen LogP contribution < -0.4 is 0 Å². The Morgan fingerprint density at radius 1 is 1.67 bits per heavy atom. The van der Waals surface area contributed by atoms with Gasteiger partial charge in [-0.25, -0.2) is 0 Å². The first-order valence-electron chi connectivity index (χ1n) is 4.01. The molecule has 1 rings (SSSR count). The summed E-state index contributed by atoms with van der Waals surface area (Å²) in [5.74, 6) is -2.51. The zero-order chi connectivity index (χ0) is 9.30. The van der Waals surface area contributed by atoms with Crippen LogP contribution in [0, 0.1) is 11.8 Å². The van der Waals surface area contributed by atoms with Gasteiger partial charge in [0.2, 0.25) is 0 Å². The van der Waals surface area contributed by atoms with Crippen molar-refractivity contribution in [1.82, 2.24) is 0 Å². The molecular formula is C8H12O4. The van der Waals surface area contributed by atoms with Crippen LogP contribution in [0.5, 0.6) is 0 Å². The molecule has 1 N–H and O–H groups in total. The molecule has 0 saturated carbocycles. The average Bonchev–Trinajstić information content (AvgIpc) is 2.28. The van der Waals surface area contributed by atoms with E-state index in [1.54, 1.807) is 6.92 Å². The summed E-state index contributed by atoms with van der Waals surface area (Å²) in [4.78, 5) is 21.7. The number of ether oxygens (including phenoxy) is 1. The number of aliphatic carboxylic acids is 1. The van der Waals surface area contributed by atoms with E-state index in [-0.39, 0.29) is 0 Å². The fourth-order valence-corrected chi connectivity index (χ4v) is 1.51. The zero-order valence-corrected chi connectivity index (χ0v) is 7.11. The van der Waals surface area contributed by atoms with Gasteiger partial charge in [-0.05, 0) is 6.42 Å². The van der Waals surface area contributed by atoms with Crippen LogP contribution in [0.2, 0.25) is 0 Å². The highest BCUT2D eigenvalue weighted by Crippen LogP contribution is 2.29. The van der Waals surface area contributed by atoms with E-state index in [4.69, 9.17) is 9.84 Å². The number of carbonyl (C=O) groups excluding carboxylic acids is 1. The lowest BCUT2D eigenvalue weighted by molar-refractivity contribution is -0.144. The van der Waals surface area contributed by atoms with Gasteiger partial charge in [0.15, 0.2) is 0 Å². The summed E-state index contributed by atoms with van der Waals surface area (Å²) in [6.45, 7) is 3.41. The minimum Gasteiger partial charge on any atom is -0.481 e. The Labute approximate surface area is 70.5 Å². The highest BCUT2D eigenvalue weighted by Gasteiger charge is 2.45. The van der Waals surface area contributed by atoms with Crippen molar-refractivity contribution in [2.24, 2.45) is 11.8 Å². The topological polar surface area (TPSA) is 63.6 Å². The van der Waals surface area contributed by atoms with E-state index in [9.17, 15) is 9.59 Å². The summed E-state index contributed by atoms with van der Waals surface area (Å²) < 4.78 is 4.88. The van der Waals surface area contributed by atoms with Crippen LogP contribution in [-0.2, 0) is 14.3 Å². The third kappa shape index (κ3) is 1.29. The first-order chi connectivity index (χ1) is 5.57. The number of rotatable bonds is 2. The monoisotopic (exact) mass is 172 g/mol. The molecule has 1 saturated heterocycles. The maximum Gasteiger partial charge on any atom is 0.311 e. The summed E-state index contributed by atoms with van der Waals surface area (Å²) >= 11 is 0. The molecule has 1 fully saturated rings. The van der Waals surface area contributed by atoms with Gasteiger partial charge in [0.1, 0.15) is 12.0 Å². The Bertz CT molecular complexity index is 211. The van der Waals surface area contributed by atoms with E-state index in [2.05, 4.69) is 0 Å². The second-order valence-corrected chi connectivity index (χ2v) is 3.04. The molecule has 0 unspecified atom stereocenters. The third-order valence-corrected chi connectivity index (χ3v) is 2.27. The second-order valence-electron chi connectivity index (χ2n) is 3.04. The van der Waals surface area contributed by atoms with E-state index in [1.165, 1.54) is 0 Å². The third-order valence-electron chi connectivity index (χ3n) is 2.27. The molecular weight excluding hydrogens is 160 g/mol. The van der Waals surface area contributed by atoms with Gasteiger partial charge >= 0.3 is 11.9 Å². The van der Waals surface area contributed by atoms with E-state index in [0.717, 1.165) is 0 Å². The van der Waals surface area contributed by atoms with Gasteiger partial charge in [-0.3, -0.25) is 9.59 Å². The van der Waals surface area contributed by atoms with Crippen LogP contribution in [0.25, 0.3) is 0 Å². The van der Waals surface area contributed by atoms with E-state index in [0.29, 0.717) is 6.42 Å². The summed E-state index contributed by atoms with van der Waals surface area (Å²) in [5.41, 5.74) is 0. The standard InChI is InChI=1S/C8H12O4/c1-3-5-6(7(9)10)4(2)8(11)12-5/h4-6H,3H2,1-2H3,(H,9,10)/t4-,5-,6+/m0/s1. The number of carboxylic acid groups (broad SMARTS) is 1. The largest absolute Gasteiger partial charge is 0.481 e. The molecule has 1 aliphatic rings. The molecule has 12 heavy (non-hydrogen) atoms. The van der Waals surface area contributed by atoms with Crippen LogP contribution in [0.15, 0.2) is 0 Å². The lowest BCUT2D eigenvalue weighted by atomic mass is 9.91. The van der Waals surface area contributed by atoms with Gasteiger partial charge in [0.25, 0.3) is 0 Å². The SMILES string of the molecule is CC[C@@H]1OC(=O)[C@@H](C)[C@H]1C(=O)O. The molecule has 0 aromatic heterocycles. The average molecular weight is 172 g/mol. The van der Waals surface area contributed by atoms with Gasteiger partial charge in [0, 0.05) is 0 Å². The molecule has 0 aromatic rings. The molecule has 0 bridgehead atoms. The molecule has 0 amide bonds. The molecule has 0 aliphatic carbocycles. The van der Waals surface area contributed by atoms with Crippen molar-refractivity contribution in [3.8, 4) is 0 Å². The van der Waals surface area contributed by atoms with Crippen LogP contribution in [0.4, 0.5) is 0 Å². The van der Waals surface area contributed by atoms with E-state index in [1.807, 2.05) is 6.92 Å². The Balaban J connectivity index is 2.80. The number of carboxylic acids is 1. The van der Waals surface area contributed by atoms with Crippen molar-refractivity contribution in [1.29, 1.82) is 0 Å². The molecule has 0 spiro atoms. The maximum absolute atomic E-state index is 11.0. The summed E-state index contributed by atoms with van der Waals surface area (Å²) in [7, 11) is 0. The molecule has 0 radical (unpaired) electrons. The first-order valence-corrected chi connectivity index (χ1v) is 4.01. The number of esters is 1. The molecule has 68 valence electrons. The minimum atomic E-state index is -0.944. The van der Waals surface area contributed by atoms with Crippen molar-refractivity contribution < 1.29 is 19.4 Å². The normalized spacial score (nSPS) is 34.8. The van der Waals surface area contributed by atoms with Crippen molar-refractivity contribution in [2.45, 2.75) is 26.4 Å². The number of carbonyl (C=O) groups is 2. The maximum atomic E-state index is 11.0. The Kier molecular flexibility index (Phi) is 2.35. The number of cyclic esters (lactones) is 1. The van der Waals surface area contributed by atoms with Gasteiger partial charge in [-0.1, -0.05) is 13.8 Å². The number of hydrogen-bond acceptors (Lipinski definition) is 3. The quantitative estimate of drug-likeness (QED) is 0.621. The van der Waals surface area contributed by atoms with Crippen LogP contribution in [0.1, 0.15) is 20.3 Å². The summed E-state index contributed by atoms with van der Waals surface area (Å²) in [5, 5.41) is 8.77. The summed E-state index contributed by atoms with van der Waals surface area (Å²) in [6.07, 6.45) is 0.123. The summed E-state index contributed by atoms with van der Waals surface area (Å²) in [6, 6.07) is 0. The van der Waals surface area contributed by atoms with Crippen molar-refractivity contribution in [3.05, 3.63) is 0 Å². The Morgan fingerprint density at radius 2 is 2.25 bits per heavy atom. The smallest absolute Gasteiger partial charge is 0.311 e. The molecule has 4 nitrogen and oxygen atoms in total. The lowest BCUT2D eigenvalue weighted by Crippen LogP contribution is -2.27.